The average Bonchev–Trinajstić information content (AvgIpc) is 3.04. The van der Waals surface area contributed by atoms with Gasteiger partial charge < -0.3 is 10.3 Å². The molecule has 0 unspecified atom stereocenters. The van der Waals surface area contributed by atoms with Crippen LogP contribution in [0.15, 0.2) is 26.9 Å². The van der Waals surface area contributed by atoms with Gasteiger partial charge in [-0.05, 0) is 16.4 Å². The minimum absolute atomic E-state index is 0.0822. The van der Waals surface area contributed by atoms with Crippen LogP contribution < -0.4 is 10.2 Å². The lowest BCUT2D eigenvalue weighted by Gasteiger charge is -2.04. The monoisotopic (exact) mass is 293 g/mol. The molecule has 3 rings (SSSR count). The maximum absolute atomic E-state index is 11.0. The molecule has 1 aromatic carbocycles. The number of non-ortho nitro benzene ring substituents is 1. The second kappa shape index (κ2) is 4.74. The number of hydrogen-bond acceptors (Lipinski definition) is 8. The van der Waals surface area contributed by atoms with Crippen LogP contribution in [0.1, 0.15) is 5.69 Å². The molecule has 102 valence electrons. The first-order valence-corrected chi connectivity index (χ1v) is 6.33. The van der Waals surface area contributed by atoms with Crippen LogP contribution in [-0.4, -0.2) is 20.2 Å². The smallest absolute Gasteiger partial charge is 0.304 e. The summed E-state index contributed by atoms with van der Waals surface area (Å²) in [4.78, 5) is 23.8. The van der Waals surface area contributed by atoms with Crippen LogP contribution in [0, 0.1) is 10.1 Å². The SMILES string of the molecule is O=c1[nH]c(CNc2ccc([N+](=O)[O-])c3nonc23)cs1. The molecule has 0 aliphatic carbocycles. The highest BCUT2D eigenvalue weighted by molar-refractivity contribution is 7.07. The maximum Gasteiger partial charge on any atom is 0.304 e. The molecule has 0 fully saturated rings. The molecule has 2 N–H and O–H groups in total. The molecule has 0 aliphatic rings. The van der Waals surface area contributed by atoms with Crippen LogP contribution in [-0.2, 0) is 6.54 Å². The largest absolute Gasteiger partial charge is 0.378 e. The highest BCUT2D eigenvalue weighted by Gasteiger charge is 2.19. The van der Waals surface area contributed by atoms with Crippen LogP contribution in [0.3, 0.4) is 0 Å². The minimum Gasteiger partial charge on any atom is -0.378 e. The van der Waals surface area contributed by atoms with E-state index in [1.54, 1.807) is 5.38 Å². The van der Waals surface area contributed by atoms with Crippen molar-refractivity contribution < 1.29 is 9.55 Å². The van der Waals surface area contributed by atoms with Crippen LogP contribution in [0.2, 0.25) is 0 Å². The molecule has 0 saturated carbocycles. The van der Waals surface area contributed by atoms with Crippen molar-refractivity contribution in [2.24, 2.45) is 0 Å². The van der Waals surface area contributed by atoms with E-state index in [2.05, 4.69) is 25.2 Å². The van der Waals surface area contributed by atoms with Crippen molar-refractivity contribution >= 4 is 33.7 Å². The topological polar surface area (TPSA) is 127 Å². The molecule has 0 radical (unpaired) electrons. The van der Waals surface area contributed by atoms with Gasteiger partial charge >= 0.3 is 10.6 Å². The predicted octanol–water partition coefficient (Wildman–Crippen LogP) is 1.49. The number of anilines is 1. The van der Waals surface area contributed by atoms with Gasteiger partial charge in [0.15, 0.2) is 5.52 Å². The number of nitrogens with one attached hydrogen (secondary N) is 2. The summed E-state index contributed by atoms with van der Waals surface area (Å²) in [6.07, 6.45) is 0. The van der Waals surface area contributed by atoms with Crippen molar-refractivity contribution in [1.82, 2.24) is 15.3 Å². The van der Waals surface area contributed by atoms with Gasteiger partial charge in [-0.2, -0.15) is 0 Å². The third kappa shape index (κ3) is 2.12. The molecule has 2 aromatic heterocycles. The number of H-pyrrole nitrogens is 1. The lowest BCUT2D eigenvalue weighted by Crippen LogP contribution is -2.03. The fourth-order valence-corrected chi connectivity index (χ4v) is 2.32. The second-order valence-corrected chi connectivity index (χ2v) is 4.72. The number of fused-ring (bicyclic) bond motifs is 1. The maximum atomic E-state index is 11.0. The predicted molar refractivity (Wildman–Crippen MR) is 70.7 cm³/mol. The van der Waals surface area contributed by atoms with E-state index in [-0.39, 0.29) is 21.6 Å². The normalized spacial score (nSPS) is 10.8. The molecule has 9 nitrogen and oxygen atoms in total. The second-order valence-electron chi connectivity index (χ2n) is 3.88. The van der Waals surface area contributed by atoms with Crippen LogP contribution >= 0.6 is 11.3 Å². The number of thiazole rings is 1. The molecule has 0 atom stereocenters. The van der Waals surface area contributed by atoms with Crippen molar-refractivity contribution in [1.29, 1.82) is 0 Å². The first-order valence-electron chi connectivity index (χ1n) is 5.45. The van der Waals surface area contributed by atoms with Gasteiger partial charge in [0.25, 0.3) is 0 Å². The number of nitro benzene ring substituents is 1. The number of aromatic amines is 1. The zero-order valence-corrected chi connectivity index (χ0v) is 10.6. The molecular weight excluding hydrogens is 286 g/mol. The van der Waals surface area contributed by atoms with Gasteiger partial charge in [0.1, 0.15) is 0 Å². The van der Waals surface area contributed by atoms with Crippen LogP contribution in [0.5, 0.6) is 0 Å². The Hall–Kier alpha value is -2.75. The van der Waals surface area contributed by atoms with Gasteiger partial charge in [-0.3, -0.25) is 14.9 Å². The molecule has 0 bridgehead atoms. The van der Waals surface area contributed by atoms with E-state index in [1.807, 2.05) is 0 Å². The quantitative estimate of drug-likeness (QED) is 0.551. The summed E-state index contributed by atoms with van der Waals surface area (Å²) in [5.74, 6) is 0. The number of hydrogen-bond donors (Lipinski definition) is 2. The summed E-state index contributed by atoms with van der Waals surface area (Å²) in [7, 11) is 0. The fraction of sp³-hybridized carbons (Fsp3) is 0.100. The van der Waals surface area contributed by atoms with E-state index >= 15 is 0 Å². The summed E-state index contributed by atoms with van der Waals surface area (Å²) in [6, 6.07) is 2.85. The van der Waals surface area contributed by atoms with Crippen molar-refractivity contribution in [3.63, 3.8) is 0 Å². The van der Waals surface area contributed by atoms with E-state index in [0.717, 1.165) is 11.3 Å². The van der Waals surface area contributed by atoms with E-state index in [0.29, 0.717) is 17.9 Å². The highest BCUT2D eigenvalue weighted by atomic mass is 32.1. The van der Waals surface area contributed by atoms with Crippen molar-refractivity contribution in [2.45, 2.75) is 6.54 Å². The fourth-order valence-electron chi connectivity index (χ4n) is 1.73. The molecule has 20 heavy (non-hydrogen) atoms. The van der Waals surface area contributed by atoms with E-state index in [9.17, 15) is 14.9 Å². The number of benzene rings is 1. The van der Waals surface area contributed by atoms with Crippen LogP contribution in [0.25, 0.3) is 11.0 Å². The first kappa shape index (κ1) is 12.3. The summed E-state index contributed by atoms with van der Waals surface area (Å²) in [6.45, 7) is 0.360. The zero-order valence-electron chi connectivity index (χ0n) is 9.82. The summed E-state index contributed by atoms with van der Waals surface area (Å²) < 4.78 is 4.55. The lowest BCUT2D eigenvalue weighted by atomic mass is 10.2. The lowest BCUT2D eigenvalue weighted by molar-refractivity contribution is -0.383. The third-order valence-corrected chi connectivity index (χ3v) is 3.35. The molecule has 10 heteroatoms. The Morgan fingerprint density at radius 1 is 1.40 bits per heavy atom. The number of rotatable bonds is 4. The summed E-state index contributed by atoms with van der Waals surface area (Å²) in [5.41, 5.74) is 1.44. The molecule has 0 spiro atoms. The third-order valence-electron chi connectivity index (χ3n) is 2.63. The van der Waals surface area contributed by atoms with Gasteiger partial charge in [-0.1, -0.05) is 11.3 Å². The van der Waals surface area contributed by atoms with Gasteiger partial charge in [0, 0.05) is 17.1 Å². The van der Waals surface area contributed by atoms with E-state index < -0.39 is 4.92 Å². The molecule has 3 aromatic rings. The molecule has 0 saturated heterocycles. The Morgan fingerprint density at radius 2 is 2.20 bits per heavy atom. The first-order chi connectivity index (χ1) is 9.65. The van der Waals surface area contributed by atoms with Gasteiger partial charge in [0.05, 0.1) is 17.2 Å². The molecule has 0 aliphatic heterocycles. The average molecular weight is 293 g/mol. The number of nitrogens with zero attached hydrogens (tertiary/aromatic N) is 3. The van der Waals surface area contributed by atoms with Gasteiger partial charge in [0.2, 0.25) is 5.52 Å². The van der Waals surface area contributed by atoms with Crippen molar-refractivity contribution in [2.75, 3.05) is 5.32 Å². The van der Waals surface area contributed by atoms with Crippen LogP contribution in [0.4, 0.5) is 11.4 Å². The van der Waals surface area contributed by atoms with Gasteiger partial charge in [-0.25, -0.2) is 4.63 Å². The summed E-state index contributed by atoms with van der Waals surface area (Å²) in [5, 5.41) is 22.8. The minimum atomic E-state index is -0.549. The summed E-state index contributed by atoms with van der Waals surface area (Å²) >= 11 is 1.06. The highest BCUT2D eigenvalue weighted by Crippen LogP contribution is 2.28. The van der Waals surface area contributed by atoms with Crippen molar-refractivity contribution in [3.8, 4) is 0 Å². The van der Waals surface area contributed by atoms with Crippen molar-refractivity contribution in [3.05, 3.63) is 43.0 Å². The Kier molecular flexibility index (Phi) is 2.91. The number of nitro groups is 1. The Labute approximate surface area is 114 Å². The molecule has 2 heterocycles. The molecular formula is C10H7N5O4S. The molecule has 0 amide bonds. The standard InChI is InChI=1S/C10H7N5O4S/c16-10-12-5(4-20-10)3-11-6-1-2-7(15(17)18)9-8(6)13-19-14-9/h1-2,4,11H,3H2,(H,12,16). The Bertz CT molecular complexity index is 835. The number of aromatic nitrogens is 3. The Morgan fingerprint density at radius 3 is 2.90 bits per heavy atom. The van der Waals surface area contributed by atoms with E-state index in [4.69, 9.17) is 0 Å². The van der Waals surface area contributed by atoms with E-state index in [1.165, 1.54) is 12.1 Å². The Balaban J connectivity index is 1.92. The van der Waals surface area contributed by atoms with Gasteiger partial charge in [-0.15, -0.1) is 0 Å². The zero-order chi connectivity index (χ0) is 14.1.